The van der Waals surface area contributed by atoms with E-state index in [0.717, 1.165) is 0 Å². The number of fused-ring (bicyclic) bond motifs is 1. The molecule has 12 heavy (non-hydrogen) atoms. The van der Waals surface area contributed by atoms with Crippen molar-refractivity contribution in [2.75, 3.05) is 5.32 Å². The number of benzene rings is 1. The molecule has 0 saturated carbocycles. The Kier molecular flexibility index (Phi) is 1.58. The molecule has 1 aromatic rings. The molecule has 0 fully saturated rings. The van der Waals surface area contributed by atoms with Crippen molar-refractivity contribution in [3.05, 3.63) is 29.8 Å². The zero-order valence-electron chi connectivity index (χ0n) is 7.26. The molecule has 1 N–H and O–H groups in total. The van der Waals surface area contributed by atoms with Crippen LogP contribution in [0.1, 0.15) is 19.4 Å². The van der Waals surface area contributed by atoms with Crippen LogP contribution >= 0.6 is 11.6 Å². The third-order valence-corrected chi connectivity index (χ3v) is 3.19. The number of hydrogen-bond donors (Lipinski definition) is 1. The SMILES string of the molecule is CC1(C)c2ccccc2NC1Cl. The Bertz CT molecular complexity index is 306. The predicted molar refractivity (Wildman–Crippen MR) is 52.7 cm³/mol. The van der Waals surface area contributed by atoms with Crippen LogP contribution in [-0.2, 0) is 5.41 Å². The highest BCUT2D eigenvalue weighted by atomic mass is 35.5. The number of hydrogen-bond acceptors (Lipinski definition) is 1. The van der Waals surface area contributed by atoms with Crippen LogP contribution in [0.25, 0.3) is 0 Å². The fourth-order valence-electron chi connectivity index (χ4n) is 1.62. The van der Waals surface area contributed by atoms with Crippen LogP contribution in [0.5, 0.6) is 0 Å². The van der Waals surface area contributed by atoms with Crippen molar-refractivity contribution in [2.45, 2.75) is 24.8 Å². The maximum Gasteiger partial charge on any atom is 0.111 e. The van der Waals surface area contributed by atoms with Crippen LogP contribution < -0.4 is 5.32 Å². The summed E-state index contributed by atoms with van der Waals surface area (Å²) >= 11 is 6.16. The van der Waals surface area contributed by atoms with E-state index in [9.17, 15) is 0 Å². The molecule has 1 nitrogen and oxygen atoms in total. The summed E-state index contributed by atoms with van der Waals surface area (Å²) in [5, 5.41) is 3.25. The maximum absolute atomic E-state index is 6.16. The Morgan fingerprint density at radius 1 is 1.33 bits per heavy atom. The van der Waals surface area contributed by atoms with E-state index < -0.39 is 0 Å². The van der Waals surface area contributed by atoms with Crippen molar-refractivity contribution >= 4 is 17.3 Å². The smallest absolute Gasteiger partial charge is 0.111 e. The third kappa shape index (κ3) is 0.929. The molecule has 0 amide bonds. The van der Waals surface area contributed by atoms with Gasteiger partial charge in [0.2, 0.25) is 0 Å². The molecule has 1 heterocycles. The zero-order chi connectivity index (χ0) is 8.77. The van der Waals surface area contributed by atoms with Crippen LogP contribution in [0.4, 0.5) is 5.69 Å². The molecule has 1 aromatic carbocycles. The van der Waals surface area contributed by atoms with Crippen molar-refractivity contribution in [1.82, 2.24) is 0 Å². The molecular weight excluding hydrogens is 170 g/mol. The van der Waals surface area contributed by atoms with Gasteiger partial charge in [-0.3, -0.25) is 0 Å². The number of para-hydroxylation sites is 1. The Labute approximate surface area is 77.7 Å². The lowest BCUT2D eigenvalue weighted by molar-refractivity contribution is 0.551. The second-order valence-corrected chi connectivity index (χ2v) is 4.21. The van der Waals surface area contributed by atoms with E-state index in [1.165, 1.54) is 11.3 Å². The second kappa shape index (κ2) is 2.40. The number of rotatable bonds is 0. The van der Waals surface area contributed by atoms with Gasteiger partial charge in [-0.1, -0.05) is 43.6 Å². The topological polar surface area (TPSA) is 12.0 Å². The van der Waals surface area contributed by atoms with E-state index in [-0.39, 0.29) is 10.9 Å². The van der Waals surface area contributed by atoms with Crippen molar-refractivity contribution in [2.24, 2.45) is 0 Å². The lowest BCUT2D eigenvalue weighted by Crippen LogP contribution is -2.27. The Hall–Kier alpha value is -0.690. The van der Waals surface area contributed by atoms with Gasteiger partial charge >= 0.3 is 0 Å². The summed E-state index contributed by atoms with van der Waals surface area (Å²) in [6.07, 6.45) is 0. The maximum atomic E-state index is 6.16. The average Bonchev–Trinajstić information content (AvgIpc) is 2.25. The van der Waals surface area contributed by atoms with Gasteiger partial charge in [0.15, 0.2) is 0 Å². The summed E-state index contributed by atoms with van der Waals surface area (Å²) in [5.74, 6) is 0. The van der Waals surface area contributed by atoms with Crippen molar-refractivity contribution in [3.63, 3.8) is 0 Å². The molecule has 0 aliphatic carbocycles. The standard InChI is InChI=1S/C10H12ClN/c1-10(2)7-5-3-4-6-8(7)12-9(10)11/h3-6,9,12H,1-2H3. The van der Waals surface area contributed by atoms with E-state index in [1.807, 2.05) is 6.07 Å². The monoisotopic (exact) mass is 181 g/mol. The molecule has 1 aliphatic heterocycles. The molecule has 1 atom stereocenters. The first-order valence-electron chi connectivity index (χ1n) is 4.12. The van der Waals surface area contributed by atoms with Gasteiger partial charge in [-0.25, -0.2) is 0 Å². The number of anilines is 1. The molecule has 2 heteroatoms. The highest BCUT2D eigenvalue weighted by molar-refractivity contribution is 6.23. The van der Waals surface area contributed by atoms with Gasteiger partial charge in [0, 0.05) is 11.1 Å². The van der Waals surface area contributed by atoms with Gasteiger partial charge in [-0.2, -0.15) is 0 Å². The molecule has 64 valence electrons. The molecule has 0 radical (unpaired) electrons. The van der Waals surface area contributed by atoms with Crippen LogP contribution in [0.3, 0.4) is 0 Å². The molecule has 0 saturated heterocycles. The van der Waals surface area contributed by atoms with Crippen LogP contribution in [0, 0.1) is 0 Å². The van der Waals surface area contributed by atoms with Crippen LogP contribution in [-0.4, -0.2) is 5.50 Å². The quantitative estimate of drug-likeness (QED) is 0.480. The van der Waals surface area contributed by atoms with Crippen molar-refractivity contribution in [3.8, 4) is 0 Å². The van der Waals surface area contributed by atoms with E-state index in [4.69, 9.17) is 11.6 Å². The van der Waals surface area contributed by atoms with E-state index in [0.29, 0.717) is 0 Å². The highest BCUT2D eigenvalue weighted by Crippen LogP contribution is 2.41. The van der Waals surface area contributed by atoms with Crippen molar-refractivity contribution < 1.29 is 0 Å². The van der Waals surface area contributed by atoms with Gasteiger partial charge in [0.25, 0.3) is 0 Å². The lowest BCUT2D eigenvalue weighted by Gasteiger charge is -2.21. The van der Waals surface area contributed by atoms with E-state index in [1.54, 1.807) is 0 Å². The number of alkyl halides is 1. The Balaban J connectivity index is 2.55. The molecule has 0 spiro atoms. The molecular formula is C10H12ClN. The summed E-state index contributed by atoms with van der Waals surface area (Å²) in [6.45, 7) is 4.31. The van der Waals surface area contributed by atoms with E-state index in [2.05, 4.69) is 37.4 Å². The van der Waals surface area contributed by atoms with Gasteiger partial charge < -0.3 is 5.32 Å². The average molecular weight is 182 g/mol. The summed E-state index contributed by atoms with van der Waals surface area (Å²) < 4.78 is 0. The lowest BCUT2D eigenvalue weighted by atomic mass is 9.87. The minimum absolute atomic E-state index is 0.00917. The fourth-order valence-corrected chi connectivity index (χ4v) is 1.86. The van der Waals surface area contributed by atoms with Gasteiger partial charge in [-0.15, -0.1) is 0 Å². The first kappa shape index (κ1) is 7.93. The molecule has 0 bridgehead atoms. The molecule has 0 aromatic heterocycles. The molecule has 2 rings (SSSR count). The van der Waals surface area contributed by atoms with Crippen LogP contribution in [0.15, 0.2) is 24.3 Å². The highest BCUT2D eigenvalue weighted by Gasteiger charge is 2.37. The fraction of sp³-hybridized carbons (Fsp3) is 0.400. The first-order chi connectivity index (χ1) is 5.62. The van der Waals surface area contributed by atoms with Gasteiger partial charge in [0.05, 0.1) is 0 Å². The summed E-state index contributed by atoms with van der Waals surface area (Å²) in [4.78, 5) is 0. The third-order valence-electron chi connectivity index (χ3n) is 2.54. The number of nitrogens with one attached hydrogen (secondary N) is 1. The first-order valence-corrected chi connectivity index (χ1v) is 4.56. The van der Waals surface area contributed by atoms with Gasteiger partial charge in [-0.05, 0) is 11.6 Å². The van der Waals surface area contributed by atoms with Gasteiger partial charge in [0.1, 0.15) is 5.50 Å². The predicted octanol–water partition coefficient (Wildman–Crippen LogP) is 2.95. The summed E-state index contributed by atoms with van der Waals surface area (Å²) in [6, 6.07) is 8.28. The second-order valence-electron chi connectivity index (χ2n) is 3.77. The minimum Gasteiger partial charge on any atom is -0.368 e. The molecule has 1 unspecified atom stereocenters. The normalized spacial score (nSPS) is 24.8. The van der Waals surface area contributed by atoms with Crippen molar-refractivity contribution in [1.29, 1.82) is 0 Å². The molecule has 1 aliphatic rings. The zero-order valence-corrected chi connectivity index (χ0v) is 8.02. The Morgan fingerprint density at radius 2 is 2.00 bits per heavy atom. The number of halogens is 1. The Morgan fingerprint density at radius 3 is 2.67 bits per heavy atom. The summed E-state index contributed by atoms with van der Waals surface area (Å²) in [7, 11) is 0. The van der Waals surface area contributed by atoms with E-state index >= 15 is 0 Å². The minimum atomic E-state index is 0.00917. The summed E-state index contributed by atoms with van der Waals surface area (Å²) in [5.41, 5.74) is 2.53. The largest absolute Gasteiger partial charge is 0.368 e. The van der Waals surface area contributed by atoms with Crippen LogP contribution in [0.2, 0.25) is 0 Å².